The highest BCUT2D eigenvalue weighted by molar-refractivity contribution is 7.17. The van der Waals surface area contributed by atoms with Gasteiger partial charge in [-0.3, -0.25) is 4.79 Å². The average molecular weight is 248 g/mol. The van der Waals surface area contributed by atoms with Crippen LogP contribution in [0.2, 0.25) is 0 Å². The first-order chi connectivity index (χ1) is 8.11. The summed E-state index contributed by atoms with van der Waals surface area (Å²) in [6.45, 7) is 1.75. The molecule has 3 N–H and O–H groups in total. The number of benzene rings is 1. The number of Topliss-reactive ketones (excluding diaryl/α,β-unsaturated/α-hetero) is 1. The summed E-state index contributed by atoms with van der Waals surface area (Å²) in [7, 11) is 0. The zero-order valence-corrected chi connectivity index (χ0v) is 10.1. The van der Waals surface area contributed by atoms with Gasteiger partial charge in [-0.05, 0) is 12.1 Å². The van der Waals surface area contributed by atoms with E-state index in [9.17, 15) is 9.90 Å². The number of aromatic nitrogens is 1. The molecule has 88 valence electrons. The molecule has 0 saturated carbocycles. The van der Waals surface area contributed by atoms with E-state index in [4.69, 9.17) is 5.73 Å². The molecule has 0 aliphatic heterocycles. The number of anilines is 1. The van der Waals surface area contributed by atoms with E-state index in [1.54, 1.807) is 19.1 Å². The lowest BCUT2D eigenvalue weighted by Crippen LogP contribution is -1.92. The second-order valence-electron chi connectivity index (χ2n) is 3.57. The van der Waals surface area contributed by atoms with Crippen LogP contribution in [0.3, 0.4) is 0 Å². The molecule has 1 aromatic carbocycles. The molecule has 0 spiro atoms. The van der Waals surface area contributed by atoms with Crippen LogP contribution >= 0.6 is 11.3 Å². The summed E-state index contributed by atoms with van der Waals surface area (Å²) in [6, 6.07) is 7.19. The fourth-order valence-electron chi connectivity index (χ4n) is 1.45. The Balaban J connectivity index is 2.44. The Morgan fingerprint density at radius 2 is 2.29 bits per heavy atom. The van der Waals surface area contributed by atoms with E-state index in [-0.39, 0.29) is 11.7 Å². The van der Waals surface area contributed by atoms with Crippen molar-refractivity contribution >= 4 is 22.8 Å². The molecule has 0 fully saturated rings. The smallest absolute Gasteiger partial charge is 0.233 e. The van der Waals surface area contributed by atoms with E-state index in [1.807, 2.05) is 12.1 Å². The Bertz CT molecular complexity index is 563. The summed E-state index contributed by atoms with van der Waals surface area (Å²) < 4.78 is 0. The third kappa shape index (κ3) is 2.29. The van der Waals surface area contributed by atoms with E-state index in [0.717, 1.165) is 5.56 Å². The predicted molar refractivity (Wildman–Crippen MR) is 68.2 cm³/mol. The Morgan fingerprint density at radius 3 is 2.94 bits per heavy atom. The molecule has 0 atom stereocenters. The molecule has 1 heterocycles. The molecule has 17 heavy (non-hydrogen) atoms. The van der Waals surface area contributed by atoms with Gasteiger partial charge in [0.2, 0.25) is 5.88 Å². The van der Waals surface area contributed by atoms with Gasteiger partial charge in [0.15, 0.2) is 5.78 Å². The molecule has 0 amide bonds. The zero-order valence-electron chi connectivity index (χ0n) is 9.30. The van der Waals surface area contributed by atoms with Crippen molar-refractivity contribution in [1.82, 2.24) is 4.98 Å². The highest BCUT2D eigenvalue weighted by atomic mass is 32.1. The zero-order chi connectivity index (χ0) is 12.4. The summed E-state index contributed by atoms with van der Waals surface area (Å²) >= 11 is 1.19. The van der Waals surface area contributed by atoms with Gasteiger partial charge >= 0.3 is 0 Å². The third-order valence-electron chi connectivity index (χ3n) is 2.32. The van der Waals surface area contributed by atoms with Crippen LogP contribution in [0.1, 0.15) is 23.0 Å². The van der Waals surface area contributed by atoms with Crippen molar-refractivity contribution in [2.75, 3.05) is 5.73 Å². The minimum Gasteiger partial charge on any atom is -0.492 e. The maximum atomic E-state index is 11.5. The second-order valence-corrected chi connectivity index (χ2v) is 4.57. The van der Waals surface area contributed by atoms with E-state index in [0.29, 0.717) is 22.0 Å². The summed E-state index contributed by atoms with van der Waals surface area (Å²) in [6.07, 6.45) is 0.353. The Kier molecular flexibility index (Phi) is 3.10. The minimum atomic E-state index is -0.195. The molecule has 0 radical (unpaired) electrons. The summed E-state index contributed by atoms with van der Waals surface area (Å²) in [5.41, 5.74) is 7.11. The molecule has 4 nitrogen and oxygen atoms in total. The molecule has 5 heteroatoms. The Morgan fingerprint density at radius 1 is 1.53 bits per heavy atom. The number of rotatable bonds is 3. The minimum absolute atomic E-state index is 0.102. The van der Waals surface area contributed by atoms with Gasteiger partial charge < -0.3 is 10.8 Å². The number of carbonyl (C=O) groups is 1. The maximum absolute atomic E-state index is 11.5. The SMILES string of the molecule is CCC(=O)c1sc(-c2cccc(N)c2)nc1O. The Labute approximate surface area is 103 Å². The summed E-state index contributed by atoms with van der Waals surface area (Å²) in [5.74, 6) is -0.297. The van der Waals surface area contributed by atoms with Gasteiger partial charge in [-0.1, -0.05) is 19.1 Å². The largest absolute Gasteiger partial charge is 0.492 e. The first-order valence-corrected chi connectivity index (χ1v) is 6.02. The van der Waals surface area contributed by atoms with Crippen molar-refractivity contribution in [1.29, 1.82) is 0 Å². The van der Waals surface area contributed by atoms with Crippen molar-refractivity contribution < 1.29 is 9.90 Å². The lowest BCUT2D eigenvalue weighted by molar-refractivity contribution is 0.0989. The van der Waals surface area contributed by atoms with Crippen molar-refractivity contribution in [3.63, 3.8) is 0 Å². The highest BCUT2D eigenvalue weighted by Gasteiger charge is 2.16. The maximum Gasteiger partial charge on any atom is 0.233 e. The number of hydrogen-bond donors (Lipinski definition) is 2. The molecule has 0 aliphatic rings. The molecule has 1 aromatic heterocycles. The lowest BCUT2D eigenvalue weighted by atomic mass is 10.2. The van der Waals surface area contributed by atoms with Crippen LogP contribution in [0.4, 0.5) is 5.69 Å². The van der Waals surface area contributed by atoms with Crippen molar-refractivity contribution in [2.24, 2.45) is 0 Å². The lowest BCUT2D eigenvalue weighted by Gasteiger charge is -1.96. The topological polar surface area (TPSA) is 76.2 Å². The fraction of sp³-hybridized carbons (Fsp3) is 0.167. The van der Waals surface area contributed by atoms with Gasteiger partial charge in [-0.15, -0.1) is 11.3 Å². The van der Waals surface area contributed by atoms with E-state index in [2.05, 4.69) is 4.98 Å². The van der Waals surface area contributed by atoms with Gasteiger partial charge in [-0.2, -0.15) is 0 Å². The number of nitrogen functional groups attached to an aromatic ring is 1. The Hall–Kier alpha value is -1.88. The third-order valence-corrected chi connectivity index (χ3v) is 3.45. The number of nitrogens with zero attached hydrogens (tertiary/aromatic N) is 1. The highest BCUT2D eigenvalue weighted by Crippen LogP contribution is 2.33. The van der Waals surface area contributed by atoms with Crippen LogP contribution in [0.25, 0.3) is 10.6 Å². The molecule has 0 unspecified atom stereocenters. The standard InChI is InChI=1S/C12H12N2O2S/c1-2-9(15)10-11(16)14-12(17-10)7-4-3-5-8(13)6-7/h3-6,16H,2,13H2,1H3. The van der Waals surface area contributed by atoms with Crippen LogP contribution < -0.4 is 5.73 Å². The molecule has 2 rings (SSSR count). The molecule has 0 bridgehead atoms. The van der Waals surface area contributed by atoms with Crippen LogP contribution in [-0.4, -0.2) is 15.9 Å². The normalized spacial score (nSPS) is 10.4. The molecular formula is C12H12N2O2S. The molecule has 0 aliphatic carbocycles. The van der Waals surface area contributed by atoms with Gasteiger partial charge in [0.25, 0.3) is 0 Å². The van der Waals surface area contributed by atoms with Crippen molar-refractivity contribution in [2.45, 2.75) is 13.3 Å². The van der Waals surface area contributed by atoms with Gasteiger partial charge in [0.1, 0.15) is 9.88 Å². The van der Waals surface area contributed by atoms with Crippen LogP contribution in [0.5, 0.6) is 5.88 Å². The number of thiazole rings is 1. The number of hydrogen-bond acceptors (Lipinski definition) is 5. The van der Waals surface area contributed by atoms with Gasteiger partial charge in [0.05, 0.1) is 0 Å². The predicted octanol–water partition coefficient (Wildman–Crippen LogP) is 2.69. The number of ketones is 1. The van der Waals surface area contributed by atoms with E-state index in [1.165, 1.54) is 11.3 Å². The van der Waals surface area contributed by atoms with E-state index >= 15 is 0 Å². The average Bonchev–Trinajstić information content (AvgIpc) is 2.70. The first kappa shape index (κ1) is 11.6. The fourth-order valence-corrected chi connectivity index (χ4v) is 2.41. The van der Waals surface area contributed by atoms with Crippen molar-refractivity contribution in [3.8, 4) is 16.5 Å². The second kappa shape index (κ2) is 4.55. The molecule has 0 saturated heterocycles. The monoisotopic (exact) mass is 248 g/mol. The van der Waals surface area contributed by atoms with Gasteiger partial charge in [-0.25, -0.2) is 4.98 Å². The number of carbonyl (C=O) groups excluding carboxylic acids is 1. The molecular weight excluding hydrogens is 236 g/mol. The quantitative estimate of drug-likeness (QED) is 0.646. The molecule has 2 aromatic rings. The van der Waals surface area contributed by atoms with Crippen LogP contribution in [-0.2, 0) is 0 Å². The number of aromatic hydroxyl groups is 1. The summed E-state index contributed by atoms with van der Waals surface area (Å²) in [5, 5.41) is 10.2. The van der Waals surface area contributed by atoms with Gasteiger partial charge in [0, 0.05) is 17.7 Å². The van der Waals surface area contributed by atoms with Crippen LogP contribution in [0.15, 0.2) is 24.3 Å². The van der Waals surface area contributed by atoms with E-state index < -0.39 is 0 Å². The summed E-state index contributed by atoms with van der Waals surface area (Å²) in [4.78, 5) is 15.8. The first-order valence-electron chi connectivity index (χ1n) is 5.20. The van der Waals surface area contributed by atoms with Crippen LogP contribution in [0, 0.1) is 0 Å². The number of nitrogens with two attached hydrogens (primary N) is 1. The van der Waals surface area contributed by atoms with Crippen molar-refractivity contribution in [3.05, 3.63) is 29.1 Å².